The summed E-state index contributed by atoms with van der Waals surface area (Å²) in [5.41, 5.74) is 7.94. The van der Waals surface area contributed by atoms with Gasteiger partial charge in [0, 0.05) is 24.0 Å². The average Bonchev–Trinajstić information content (AvgIpc) is 2.48. The normalized spacial score (nSPS) is 10.0. The van der Waals surface area contributed by atoms with Crippen molar-refractivity contribution in [2.75, 3.05) is 17.2 Å². The summed E-state index contributed by atoms with van der Waals surface area (Å²) in [5, 5.41) is 5.52. The molecular formula is C16H19N3O2. The van der Waals surface area contributed by atoms with E-state index < -0.39 is 0 Å². The first-order valence-corrected chi connectivity index (χ1v) is 6.81. The van der Waals surface area contributed by atoms with E-state index in [2.05, 4.69) is 10.6 Å². The minimum absolute atomic E-state index is 0.302. The molecule has 0 saturated heterocycles. The highest BCUT2D eigenvalue weighted by atomic mass is 16.5. The first-order valence-electron chi connectivity index (χ1n) is 6.81. The average molecular weight is 285 g/mol. The van der Waals surface area contributed by atoms with E-state index >= 15 is 0 Å². The quantitative estimate of drug-likeness (QED) is 0.789. The van der Waals surface area contributed by atoms with Crippen LogP contribution in [0, 0.1) is 0 Å². The van der Waals surface area contributed by atoms with Gasteiger partial charge < -0.3 is 21.1 Å². The summed E-state index contributed by atoms with van der Waals surface area (Å²) in [5.74, 6) is 0.725. The fourth-order valence-corrected chi connectivity index (χ4v) is 1.85. The third-order valence-electron chi connectivity index (χ3n) is 2.85. The molecule has 5 nitrogen and oxygen atoms in total. The van der Waals surface area contributed by atoms with Crippen molar-refractivity contribution in [2.24, 2.45) is 5.73 Å². The molecule has 2 aromatic carbocycles. The van der Waals surface area contributed by atoms with Crippen LogP contribution in [0.15, 0.2) is 48.5 Å². The maximum Gasteiger partial charge on any atom is 0.323 e. The van der Waals surface area contributed by atoms with Crippen LogP contribution in [-0.4, -0.2) is 12.6 Å². The first kappa shape index (κ1) is 14.9. The van der Waals surface area contributed by atoms with E-state index in [1.165, 1.54) is 0 Å². The van der Waals surface area contributed by atoms with E-state index in [0.717, 1.165) is 11.3 Å². The van der Waals surface area contributed by atoms with Crippen molar-refractivity contribution >= 4 is 17.4 Å². The minimum Gasteiger partial charge on any atom is -0.494 e. The van der Waals surface area contributed by atoms with Crippen LogP contribution in [0.3, 0.4) is 0 Å². The molecule has 2 rings (SSSR count). The number of nitrogens with two attached hydrogens (primary N) is 1. The van der Waals surface area contributed by atoms with Crippen molar-refractivity contribution in [2.45, 2.75) is 13.5 Å². The number of carbonyl (C=O) groups is 1. The van der Waals surface area contributed by atoms with Gasteiger partial charge in [-0.15, -0.1) is 0 Å². The van der Waals surface area contributed by atoms with E-state index in [4.69, 9.17) is 10.5 Å². The first-order chi connectivity index (χ1) is 10.2. The zero-order valence-electron chi connectivity index (χ0n) is 11.9. The molecular weight excluding hydrogens is 266 g/mol. The standard InChI is InChI=1S/C16H19N3O2/c1-2-21-15-5-3-4-14(10-15)19-16(20)18-13-8-6-12(11-17)7-9-13/h3-10H,2,11,17H2,1H3,(H2,18,19,20). The molecule has 0 unspecified atom stereocenters. The lowest BCUT2D eigenvalue weighted by atomic mass is 10.2. The molecule has 0 fully saturated rings. The molecule has 0 atom stereocenters. The van der Waals surface area contributed by atoms with Gasteiger partial charge in [0.2, 0.25) is 0 Å². The van der Waals surface area contributed by atoms with Gasteiger partial charge in [-0.2, -0.15) is 0 Å². The fraction of sp³-hybridized carbons (Fsp3) is 0.188. The highest BCUT2D eigenvalue weighted by Crippen LogP contribution is 2.17. The SMILES string of the molecule is CCOc1cccc(NC(=O)Nc2ccc(CN)cc2)c1. The Kier molecular flexibility index (Phi) is 5.17. The summed E-state index contributed by atoms with van der Waals surface area (Å²) < 4.78 is 5.39. The highest BCUT2D eigenvalue weighted by Gasteiger charge is 2.03. The molecule has 5 heteroatoms. The predicted octanol–water partition coefficient (Wildman–Crippen LogP) is 3.19. The number of carbonyl (C=O) groups excluding carboxylic acids is 1. The monoisotopic (exact) mass is 285 g/mol. The molecule has 0 heterocycles. The van der Waals surface area contributed by atoms with Crippen LogP contribution < -0.4 is 21.1 Å². The van der Waals surface area contributed by atoms with Gasteiger partial charge in [0.1, 0.15) is 5.75 Å². The topological polar surface area (TPSA) is 76.4 Å². The number of ether oxygens (including phenoxy) is 1. The van der Waals surface area contributed by atoms with E-state index in [0.29, 0.717) is 24.5 Å². The third-order valence-corrected chi connectivity index (χ3v) is 2.85. The van der Waals surface area contributed by atoms with Gasteiger partial charge in [0.25, 0.3) is 0 Å². The fourth-order valence-electron chi connectivity index (χ4n) is 1.85. The third kappa shape index (κ3) is 4.50. The number of rotatable bonds is 5. The van der Waals surface area contributed by atoms with E-state index in [1.54, 1.807) is 12.1 Å². The molecule has 0 radical (unpaired) electrons. The zero-order valence-corrected chi connectivity index (χ0v) is 11.9. The van der Waals surface area contributed by atoms with Crippen molar-refractivity contribution in [3.05, 3.63) is 54.1 Å². The molecule has 0 aliphatic heterocycles. The Bertz CT molecular complexity index is 597. The van der Waals surface area contributed by atoms with Crippen LogP contribution in [0.25, 0.3) is 0 Å². The number of amides is 2. The number of benzene rings is 2. The van der Waals surface area contributed by atoms with Crippen LogP contribution in [0.4, 0.5) is 16.2 Å². The molecule has 2 amide bonds. The molecule has 0 aliphatic carbocycles. The van der Waals surface area contributed by atoms with Gasteiger partial charge in [-0.25, -0.2) is 4.79 Å². The Labute approximate surface area is 124 Å². The van der Waals surface area contributed by atoms with Crippen LogP contribution in [-0.2, 0) is 6.54 Å². The lowest BCUT2D eigenvalue weighted by Crippen LogP contribution is -2.19. The summed E-state index contributed by atoms with van der Waals surface area (Å²) in [6.45, 7) is 2.98. The largest absolute Gasteiger partial charge is 0.494 e. The smallest absolute Gasteiger partial charge is 0.323 e. The minimum atomic E-state index is -0.302. The second-order valence-corrected chi connectivity index (χ2v) is 4.44. The van der Waals surface area contributed by atoms with Gasteiger partial charge in [-0.1, -0.05) is 18.2 Å². The Morgan fingerprint density at radius 1 is 1.10 bits per heavy atom. The summed E-state index contributed by atoms with van der Waals surface area (Å²) in [7, 11) is 0. The molecule has 0 spiro atoms. The molecule has 4 N–H and O–H groups in total. The van der Waals surface area contributed by atoms with Gasteiger partial charge >= 0.3 is 6.03 Å². The van der Waals surface area contributed by atoms with Crippen molar-refractivity contribution in [1.82, 2.24) is 0 Å². The van der Waals surface area contributed by atoms with E-state index in [-0.39, 0.29) is 6.03 Å². The number of hydrogen-bond acceptors (Lipinski definition) is 3. The van der Waals surface area contributed by atoms with Crippen molar-refractivity contribution in [1.29, 1.82) is 0 Å². The molecule has 2 aromatic rings. The maximum absolute atomic E-state index is 11.9. The lowest BCUT2D eigenvalue weighted by Gasteiger charge is -2.09. The van der Waals surface area contributed by atoms with E-state index in [1.807, 2.05) is 43.3 Å². The van der Waals surface area contributed by atoms with E-state index in [9.17, 15) is 4.79 Å². The van der Waals surface area contributed by atoms with Gasteiger partial charge in [-0.05, 0) is 36.8 Å². The maximum atomic E-state index is 11.9. The zero-order chi connectivity index (χ0) is 15.1. The Hall–Kier alpha value is -2.53. The molecule has 110 valence electrons. The van der Waals surface area contributed by atoms with Crippen molar-refractivity contribution < 1.29 is 9.53 Å². The summed E-state index contributed by atoms with van der Waals surface area (Å²) in [6.07, 6.45) is 0. The highest BCUT2D eigenvalue weighted by molar-refractivity contribution is 5.99. The van der Waals surface area contributed by atoms with Crippen LogP contribution in [0.5, 0.6) is 5.75 Å². The molecule has 0 aromatic heterocycles. The molecule has 0 saturated carbocycles. The molecule has 0 bridgehead atoms. The van der Waals surface area contributed by atoms with Gasteiger partial charge in [0.05, 0.1) is 6.61 Å². The summed E-state index contributed by atoms with van der Waals surface area (Å²) in [4.78, 5) is 11.9. The van der Waals surface area contributed by atoms with Crippen LogP contribution >= 0.6 is 0 Å². The van der Waals surface area contributed by atoms with Crippen molar-refractivity contribution in [3.8, 4) is 5.75 Å². The van der Waals surface area contributed by atoms with Gasteiger partial charge in [0.15, 0.2) is 0 Å². The predicted molar refractivity (Wildman–Crippen MR) is 84.6 cm³/mol. The molecule has 0 aliphatic rings. The Morgan fingerprint density at radius 3 is 2.48 bits per heavy atom. The number of urea groups is 1. The Balaban J connectivity index is 1.95. The summed E-state index contributed by atoms with van der Waals surface area (Å²) in [6, 6.07) is 14.4. The number of hydrogen-bond donors (Lipinski definition) is 3. The summed E-state index contributed by atoms with van der Waals surface area (Å²) >= 11 is 0. The van der Waals surface area contributed by atoms with Crippen molar-refractivity contribution in [3.63, 3.8) is 0 Å². The number of anilines is 2. The molecule has 21 heavy (non-hydrogen) atoms. The van der Waals surface area contributed by atoms with Gasteiger partial charge in [-0.3, -0.25) is 0 Å². The second-order valence-electron chi connectivity index (χ2n) is 4.44. The lowest BCUT2D eigenvalue weighted by molar-refractivity contribution is 0.262. The Morgan fingerprint density at radius 2 is 1.81 bits per heavy atom. The number of nitrogens with one attached hydrogen (secondary N) is 2. The van der Waals surface area contributed by atoms with Crippen LogP contribution in [0.1, 0.15) is 12.5 Å². The van der Waals surface area contributed by atoms with Crippen LogP contribution in [0.2, 0.25) is 0 Å². The second kappa shape index (κ2) is 7.31.